The van der Waals surface area contributed by atoms with Gasteiger partial charge in [-0.2, -0.15) is 0 Å². The number of halogens is 1. The van der Waals surface area contributed by atoms with E-state index in [2.05, 4.69) is 15.8 Å². The Balaban J connectivity index is 1.64. The monoisotopic (exact) mass is 357 g/mol. The lowest BCUT2D eigenvalue weighted by molar-refractivity contribution is -0.121. The Hall–Kier alpha value is -2.99. The molecule has 0 saturated carbocycles. The molecule has 0 fully saturated rings. The fraction of sp³-hybridized carbons (Fsp3) is 0.111. The molecular weight excluding hydrogens is 342 g/mol. The Labute approximate surface area is 149 Å². The van der Waals surface area contributed by atoms with E-state index in [4.69, 9.17) is 16.3 Å². The number of carbonyl (C=O) groups excluding carboxylic acids is 2. The van der Waals surface area contributed by atoms with Gasteiger partial charge in [0.25, 0.3) is 5.91 Å². The van der Waals surface area contributed by atoms with Gasteiger partial charge in [0.2, 0.25) is 5.91 Å². The highest BCUT2D eigenvalue weighted by atomic mass is 35.5. The Morgan fingerprint density at radius 2 is 1.96 bits per heavy atom. The summed E-state index contributed by atoms with van der Waals surface area (Å²) >= 11 is 5.90. The molecule has 0 aliphatic rings. The molecule has 0 bridgehead atoms. The van der Waals surface area contributed by atoms with E-state index in [0.717, 1.165) is 16.5 Å². The maximum absolute atomic E-state index is 12.2. The van der Waals surface area contributed by atoms with Crippen LogP contribution >= 0.6 is 11.6 Å². The van der Waals surface area contributed by atoms with E-state index < -0.39 is 5.91 Å². The van der Waals surface area contributed by atoms with Gasteiger partial charge in [0, 0.05) is 22.1 Å². The highest BCUT2D eigenvalue weighted by Gasteiger charge is 2.14. The number of nitrogens with one attached hydrogen (secondary N) is 3. The van der Waals surface area contributed by atoms with Crippen LogP contribution in [-0.4, -0.2) is 23.9 Å². The van der Waals surface area contributed by atoms with Gasteiger partial charge in [-0.15, -0.1) is 0 Å². The number of fused-ring (bicyclic) bond motifs is 1. The standard InChI is InChI=1S/C18H16ClN3O3/c1-25-16-7-6-12(19)9-14(16)18(24)22-21-17(23)8-11-10-20-15-5-3-2-4-13(11)15/h2-7,9-10,20H,8H2,1H3,(H,21,23)(H,22,24). The summed E-state index contributed by atoms with van der Waals surface area (Å²) in [5.41, 5.74) is 6.82. The second-order valence-electron chi connectivity index (χ2n) is 5.38. The molecule has 0 spiro atoms. The first-order valence-electron chi connectivity index (χ1n) is 7.56. The van der Waals surface area contributed by atoms with E-state index in [0.29, 0.717) is 10.8 Å². The van der Waals surface area contributed by atoms with Crippen molar-refractivity contribution < 1.29 is 14.3 Å². The molecular formula is C18H16ClN3O3. The van der Waals surface area contributed by atoms with E-state index in [1.165, 1.54) is 13.2 Å². The third kappa shape index (κ3) is 3.75. The van der Waals surface area contributed by atoms with Gasteiger partial charge in [0.05, 0.1) is 19.1 Å². The number of hydrazine groups is 1. The number of hydrogen-bond donors (Lipinski definition) is 3. The molecule has 3 aromatic rings. The van der Waals surface area contributed by atoms with Crippen LogP contribution in [0.2, 0.25) is 5.02 Å². The molecule has 3 rings (SSSR count). The van der Waals surface area contributed by atoms with Crippen molar-refractivity contribution in [3.05, 3.63) is 64.8 Å². The summed E-state index contributed by atoms with van der Waals surface area (Å²) in [4.78, 5) is 27.4. The maximum atomic E-state index is 12.2. The fourth-order valence-corrected chi connectivity index (χ4v) is 2.72. The lowest BCUT2D eigenvalue weighted by Gasteiger charge is -2.10. The highest BCUT2D eigenvalue weighted by molar-refractivity contribution is 6.31. The lowest BCUT2D eigenvalue weighted by Crippen LogP contribution is -2.42. The first-order chi connectivity index (χ1) is 12.1. The van der Waals surface area contributed by atoms with Gasteiger partial charge in [-0.3, -0.25) is 20.4 Å². The molecule has 2 amide bonds. The molecule has 128 valence electrons. The van der Waals surface area contributed by atoms with Crippen LogP contribution in [0.4, 0.5) is 0 Å². The Bertz CT molecular complexity index is 936. The number of rotatable bonds is 4. The molecule has 7 heteroatoms. The molecule has 0 radical (unpaired) electrons. The zero-order chi connectivity index (χ0) is 17.8. The van der Waals surface area contributed by atoms with Gasteiger partial charge >= 0.3 is 0 Å². The molecule has 2 aromatic carbocycles. The second-order valence-corrected chi connectivity index (χ2v) is 5.82. The van der Waals surface area contributed by atoms with Crippen molar-refractivity contribution in [3.63, 3.8) is 0 Å². The predicted molar refractivity (Wildman–Crippen MR) is 95.6 cm³/mol. The van der Waals surface area contributed by atoms with E-state index in [1.807, 2.05) is 24.3 Å². The number of aromatic nitrogens is 1. The van der Waals surface area contributed by atoms with Crippen molar-refractivity contribution in [2.24, 2.45) is 0 Å². The van der Waals surface area contributed by atoms with Crippen LogP contribution in [0.1, 0.15) is 15.9 Å². The number of methoxy groups -OCH3 is 1. The summed E-state index contributed by atoms with van der Waals surface area (Å²) < 4.78 is 5.13. The van der Waals surface area contributed by atoms with Gasteiger partial charge < -0.3 is 9.72 Å². The lowest BCUT2D eigenvalue weighted by atomic mass is 10.1. The predicted octanol–water partition coefficient (Wildman–Crippen LogP) is 2.83. The SMILES string of the molecule is COc1ccc(Cl)cc1C(=O)NNC(=O)Cc1c[nH]c2ccccc12. The van der Waals surface area contributed by atoms with Gasteiger partial charge in [-0.05, 0) is 29.8 Å². The topological polar surface area (TPSA) is 83.2 Å². The van der Waals surface area contributed by atoms with Crippen LogP contribution in [0.3, 0.4) is 0 Å². The second kappa shape index (κ2) is 7.27. The minimum Gasteiger partial charge on any atom is -0.496 e. The smallest absolute Gasteiger partial charge is 0.273 e. The van der Waals surface area contributed by atoms with Crippen molar-refractivity contribution >= 4 is 34.3 Å². The molecule has 25 heavy (non-hydrogen) atoms. The molecule has 6 nitrogen and oxygen atoms in total. The van der Waals surface area contributed by atoms with Crippen molar-refractivity contribution in [2.45, 2.75) is 6.42 Å². The molecule has 0 unspecified atom stereocenters. The van der Waals surface area contributed by atoms with Crippen LogP contribution in [0.5, 0.6) is 5.75 Å². The number of aromatic amines is 1. The minimum atomic E-state index is -0.508. The van der Waals surface area contributed by atoms with E-state index in [1.54, 1.807) is 18.3 Å². The third-order valence-electron chi connectivity index (χ3n) is 3.75. The third-order valence-corrected chi connectivity index (χ3v) is 3.98. The van der Waals surface area contributed by atoms with Gasteiger partial charge in [0.15, 0.2) is 0 Å². The van der Waals surface area contributed by atoms with E-state index in [9.17, 15) is 9.59 Å². The van der Waals surface area contributed by atoms with Crippen LogP contribution in [0.15, 0.2) is 48.7 Å². The average molecular weight is 358 g/mol. The van der Waals surface area contributed by atoms with Crippen LogP contribution in [0.25, 0.3) is 10.9 Å². The summed E-state index contributed by atoms with van der Waals surface area (Å²) in [6.45, 7) is 0. The van der Waals surface area contributed by atoms with Crippen LogP contribution in [-0.2, 0) is 11.2 Å². The molecule has 1 heterocycles. The van der Waals surface area contributed by atoms with Crippen LogP contribution < -0.4 is 15.6 Å². The van der Waals surface area contributed by atoms with Gasteiger partial charge in [0.1, 0.15) is 5.75 Å². The summed E-state index contributed by atoms with van der Waals surface area (Å²) in [6, 6.07) is 12.4. The molecule has 0 atom stereocenters. The number of benzene rings is 2. The number of para-hydroxylation sites is 1. The maximum Gasteiger partial charge on any atom is 0.273 e. The van der Waals surface area contributed by atoms with Gasteiger partial charge in [-0.1, -0.05) is 29.8 Å². The summed E-state index contributed by atoms with van der Waals surface area (Å²) in [7, 11) is 1.45. The number of H-pyrrole nitrogens is 1. The van der Waals surface area contributed by atoms with Crippen molar-refractivity contribution in [1.82, 2.24) is 15.8 Å². The highest BCUT2D eigenvalue weighted by Crippen LogP contribution is 2.22. The summed E-state index contributed by atoms with van der Waals surface area (Å²) in [6.07, 6.45) is 1.92. The molecule has 3 N–H and O–H groups in total. The number of amides is 2. The summed E-state index contributed by atoms with van der Waals surface area (Å²) in [5, 5.41) is 1.37. The molecule has 0 aliphatic carbocycles. The molecule has 0 aliphatic heterocycles. The van der Waals surface area contributed by atoms with Crippen molar-refractivity contribution in [3.8, 4) is 5.75 Å². The van der Waals surface area contributed by atoms with E-state index in [-0.39, 0.29) is 17.9 Å². The zero-order valence-corrected chi connectivity index (χ0v) is 14.2. The number of carbonyl (C=O) groups is 2. The fourth-order valence-electron chi connectivity index (χ4n) is 2.55. The van der Waals surface area contributed by atoms with Crippen molar-refractivity contribution in [1.29, 1.82) is 0 Å². The average Bonchev–Trinajstić information content (AvgIpc) is 3.02. The molecule has 1 aromatic heterocycles. The van der Waals surface area contributed by atoms with E-state index >= 15 is 0 Å². The zero-order valence-electron chi connectivity index (χ0n) is 13.4. The Morgan fingerprint density at radius 1 is 1.16 bits per heavy atom. The van der Waals surface area contributed by atoms with Gasteiger partial charge in [-0.25, -0.2) is 0 Å². The number of ether oxygens (including phenoxy) is 1. The molecule has 0 saturated heterocycles. The summed E-state index contributed by atoms with van der Waals surface area (Å²) in [5.74, 6) is -0.474. The Morgan fingerprint density at radius 3 is 2.76 bits per heavy atom. The first-order valence-corrected chi connectivity index (χ1v) is 7.94. The van der Waals surface area contributed by atoms with Crippen LogP contribution in [0, 0.1) is 0 Å². The number of hydrogen-bond acceptors (Lipinski definition) is 3. The first kappa shape index (κ1) is 16.9. The van der Waals surface area contributed by atoms with Crippen molar-refractivity contribution in [2.75, 3.05) is 7.11 Å². The normalized spacial score (nSPS) is 10.5. The largest absolute Gasteiger partial charge is 0.496 e. The Kier molecular flexibility index (Phi) is 4.90. The quantitative estimate of drug-likeness (QED) is 0.628. The minimum absolute atomic E-state index is 0.136.